The molecule has 33 heavy (non-hydrogen) atoms. The number of nitrogens with one attached hydrogen (secondary N) is 1. The Morgan fingerprint density at radius 3 is 2.58 bits per heavy atom. The normalized spacial score (nSPS) is 13.9. The minimum Gasteiger partial charge on any atom is -0.488 e. The molecule has 0 saturated heterocycles. The molecule has 0 radical (unpaired) electrons. The first-order valence-corrected chi connectivity index (χ1v) is 10.7. The fourth-order valence-corrected chi connectivity index (χ4v) is 3.87. The lowest BCUT2D eigenvalue weighted by Crippen LogP contribution is -2.32. The number of anilines is 1. The molecule has 2 aromatic rings. The first-order chi connectivity index (χ1) is 15.7. The molecule has 1 amide bonds. The lowest BCUT2D eigenvalue weighted by Gasteiger charge is -2.18. The third-order valence-corrected chi connectivity index (χ3v) is 5.26. The fraction of sp³-hybridized carbons (Fsp3) is 0.417. The number of benzene rings is 2. The maximum atomic E-state index is 12.4. The number of nitrogens with zero attached hydrogens (tertiary/aromatic N) is 2. The van der Waals surface area contributed by atoms with Crippen LogP contribution in [-0.2, 0) is 17.6 Å². The van der Waals surface area contributed by atoms with Gasteiger partial charge in [0.1, 0.15) is 12.7 Å². The molecule has 176 valence electrons. The lowest BCUT2D eigenvalue weighted by atomic mass is 9.99. The molecule has 0 saturated carbocycles. The van der Waals surface area contributed by atoms with E-state index in [0.717, 1.165) is 17.5 Å². The van der Waals surface area contributed by atoms with E-state index in [1.807, 2.05) is 19.1 Å². The largest absolute Gasteiger partial charge is 0.488 e. The Hall–Kier alpha value is -3.25. The van der Waals surface area contributed by atoms with E-state index in [9.17, 15) is 23.2 Å². The Bertz CT molecular complexity index is 1030. The minimum absolute atomic E-state index is 0.0460. The molecule has 1 aliphatic heterocycles. The first kappa shape index (κ1) is 24.4. The second-order valence-electron chi connectivity index (χ2n) is 7.94. The zero-order valence-electron chi connectivity index (χ0n) is 18.5. The minimum atomic E-state index is -4.42. The van der Waals surface area contributed by atoms with Gasteiger partial charge in [0.25, 0.3) is 0 Å². The van der Waals surface area contributed by atoms with E-state index in [-0.39, 0.29) is 30.1 Å². The van der Waals surface area contributed by atoms with Crippen LogP contribution >= 0.6 is 0 Å². The summed E-state index contributed by atoms with van der Waals surface area (Å²) in [6.45, 7) is 3.43. The van der Waals surface area contributed by atoms with Crippen LogP contribution in [0.3, 0.4) is 0 Å². The SMILES string of the molecule is CC(=O)N1CCc2cc(CC(C)NCCOc3ccccc3OCC(F)(F)F)cc(C#N)c21. The smallest absolute Gasteiger partial charge is 0.422 e. The molecule has 2 aromatic carbocycles. The maximum absolute atomic E-state index is 12.4. The van der Waals surface area contributed by atoms with Gasteiger partial charge in [0.05, 0.1) is 11.3 Å². The van der Waals surface area contributed by atoms with Crippen molar-refractivity contribution in [3.63, 3.8) is 0 Å². The van der Waals surface area contributed by atoms with Gasteiger partial charge in [0, 0.05) is 26.1 Å². The highest BCUT2D eigenvalue weighted by Gasteiger charge is 2.29. The predicted molar refractivity (Wildman–Crippen MR) is 118 cm³/mol. The third kappa shape index (κ3) is 6.62. The van der Waals surface area contributed by atoms with Gasteiger partial charge >= 0.3 is 6.18 Å². The van der Waals surface area contributed by atoms with Crippen molar-refractivity contribution >= 4 is 11.6 Å². The summed E-state index contributed by atoms with van der Waals surface area (Å²) in [5.41, 5.74) is 3.23. The zero-order valence-corrected chi connectivity index (χ0v) is 18.5. The summed E-state index contributed by atoms with van der Waals surface area (Å²) in [7, 11) is 0. The monoisotopic (exact) mass is 461 g/mol. The molecule has 1 atom stereocenters. The number of carbonyl (C=O) groups excluding carboxylic acids is 1. The molecule has 0 spiro atoms. The molecule has 0 bridgehead atoms. The van der Waals surface area contributed by atoms with Crippen molar-refractivity contribution in [1.82, 2.24) is 5.32 Å². The van der Waals surface area contributed by atoms with E-state index in [1.54, 1.807) is 23.1 Å². The lowest BCUT2D eigenvalue weighted by molar-refractivity contribution is -0.153. The van der Waals surface area contributed by atoms with Crippen LogP contribution in [0.4, 0.5) is 18.9 Å². The summed E-state index contributed by atoms with van der Waals surface area (Å²) in [5.74, 6) is 0.228. The molecular weight excluding hydrogens is 435 g/mol. The van der Waals surface area contributed by atoms with Crippen LogP contribution in [0.5, 0.6) is 11.5 Å². The van der Waals surface area contributed by atoms with Gasteiger partial charge in [-0.05, 0) is 49.1 Å². The molecule has 1 heterocycles. The number of hydrogen-bond acceptors (Lipinski definition) is 5. The highest BCUT2D eigenvalue weighted by molar-refractivity contribution is 5.95. The van der Waals surface area contributed by atoms with Gasteiger partial charge in [0.15, 0.2) is 18.1 Å². The van der Waals surface area contributed by atoms with E-state index in [0.29, 0.717) is 30.8 Å². The second kappa shape index (κ2) is 10.6. The summed E-state index contributed by atoms with van der Waals surface area (Å²) < 4.78 is 47.7. The number of halogens is 3. The molecule has 1 aliphatic rings. The Kier molecular flexibility index (Phi) is 7.82. The van der Waals surface area contributed by atoms with Gasteiger partial charge in [-0.25, -0.2) is 0 Å². The van der Waals surface area contributed by atoms with Crippen molar-refractivity contribution < 1.29 is 27.4 Å². The van der Waals surface area contributed by atoms with Crippen LogP contribution in [0.15, 0.2) is 36.4 Å². The van der Waals surface area contributed by atoms with Crippen LogP contribution in [0, 0.1) is 11.3 Å². The summed E-state index contributed by atoms with van der Waals surface area (Å²) >= 11 is 0. The van der Waals surface area contributed by atoms with E-state index < -0.39 is 12.8 Å². The molecule has 1 N–H and O–H groups in total. The average molecular weight is 461 g/mol. The highest BCUT2D eigenvalue weighted by Crippen LogP contribution is 2.33. The average Bonchev–Trinajstić information content (AvgIpc) is 3.19. The van der Waals surface area contributed by atoms with E-state index >= 15 is 0 Å². The standard InChI is InChI=1S/C24H26F3N3O3/c1-16(11-18-12-19-7-9-30(17(2)31)23(19)20(13-18)14-28)29-8-10-32-21-5-3-4-6-22(21)33-15-24(25,26)27/h3-6,12-13,16,29H,7-11,15H2,1-2H3. The van der Waals surface area contributed by atoms with Crippen LogP contribution in [0.25, 0.3) is 0 Å². The number of rotatable bonds is 9. The summed E-state index contributed by atoms with van der Waals surface area (Å²) in [6.07, 6.45) is -3.02. The van der Waals surface area contributed by atoms with Crippen molar-refractivity contribution in [2.45, 2.75) is 38.9 Å². The van der Waals surface area contributed by atoms with Crippen molar-refractivity contribution in [3.8, 4) is 17.6 Å². The maximum Gasteiger partial charge on any atom is 0.422 e. The number of hydrogen-bond donors (Lipinski definition) is 1. The van der Waals surface area contributed by atoms with E-state index in [2.05, 4.69) is 11.4 Å². The Morgan fingerprint density at radius 2 is 1.94 bits per heavy atom. The van der Waals surface area contributed by atoms with Crippen LogP contribution in [-0.4, -0.2) is 44.4 Å². The number of carbonyl (C=O) groups is 1. The predicted octanol–water partition coefficient (Wildman–Crippen LogP) is 4.01. The number of fused-ring (bicyclic) bond motifs is 1. The fourth-order valence-electron chi connectivity index (χ4n) is 3.87. The highest BCUT2D eigenvalue weighted by atomic mass is 19.4. The molecule has 6 nitrogen and oxygen atoms in total. The van der Waals surface area contributed by atoms with Gasteiger partial charge in [0.2, 0.25) is 5.91 Å². The molecule has 0 fully saturated rings. The molecule has 1 unspecified atom stereocenters. The Morgan fingerprint density at radius 1 is 1.24 bits per heavy atom. The molecular formula is C24H26F3N3O3. The summed E-state index contributed by atoms with van der Waals surface area (Å²) in [5, 5.41) is 12.9. The Balaban J connectivity index is 1.52. The number of para-hydroxylation sites is 2. The molecule has 9 heteroatoms. The summed E-state index contributed by atoms with van der Waals surface area (Å²) in [4.78, 5) is 13.5. The van der Waals surface area contributed by atoms with Gasteiger partial charge in [-0.3, -0.25) is 4.79 Å². The van der Waals surface area contributed by atoms with E-state index in [1.165, 1.54) is 13.0 Å². The van der Waals surface area contributed by atoms with Gasteiger partial charge < -0.3 is 19.7 Å². The van der Waals surface area contributed by atoms with Crippen molar-refractivity contribution in [2.24, 2.45) is 0 Å². The zero-order chi connectivity index (χ0) is 24.0. The third-order valence-electron chi connectivity index (χ3n) is 5.26. The molecule has 3 rings (SSSR count). The van der Waals surface area contributed by atoms with Gasteiger partial charge in [-0.2, -0.15) is 18.4 Å². The van der Waals surface area contributed by atoms with Crippen LogP contribution in [0.2, 0.25) is 0 Å². The molecule has 0 aliphatic carbocycles. The number of amides is 1. The molecule has 0 aromatic heterocycles. The number of nitriles is 1. The Labute approximate surface area is 190 Å². The first-order valence-electron chi connectivity index (χ1n) is 10.7. The van der Waals surface area contributed by atoms with Crippen LogP contribution < -0.4 is 19.7 Å². The topological polar surface area (TPSA) is 74.6 Å². The van der Waals surface area contributed by atoms with Gasteiger partial charge in [-0.15, -0.1) is 0 Å². The van der Waals surface area contributed by atoms with Crippen molar-refractivity contribution in [1.29, 1.82) is 5.26 Å². The second-order valence-corrected chi connectivity index (χ2v) is 7.94. The summed E-state index contributed by atoms with van der Waals surface area (Å²) in [6, 6.07) is 12.4. The van der Waals surface area contributed by atoms with Crippen molar-refractivity contribution in [3.05, 3.63) is 53.1 Å². The number of ether oxygens (including phenoxy) is 2. The quantitative estimate of drug-likeness (QED) is 0.572. The van der Waals surface area contributed by atoms with E-state index in [4.69, 9.17) is 9.47 Å². The van der Waals surface area contributed by atoms with Crippen molar-refractivity contribution in [2.75, 3.05) is 31.2 Å². The number of alkyl halides is 3. The van der Waals surface area contributed by atoms with Crippen LogP contribution in [0.1, 0.15) is 30.5 Å². The van der Waals surface area contributed by atoms with Gasteiger partial charge in [-0.1, -0.05) is 18.2 Å².